The van der Waals surface area contributed by atoms with Crippen molar-refractivity contribution in [2.45, 2.75) is 44.8 Å². The Bertz CT molecular complexity index is 853. The summed E-state index contributed by atoms with van der Waals surface area (Å²) in [6.07, 6.45) is 3.79. The van der Waals surface area contributed by atoms with Crippen LogP contribution in [-0.4, -0.2) is 22.7 Å². The largest absolute Gasteiger partial charge is 0.391 e. The second kappa shape index (κ2) is 7.03. The van der Waals surface area contributed by atoms with Gasteiger partial charge in [-0.25, -0.2) is 0 Å². The molecule has 0 amide bonds. The number of hydrogen-bond acceptors (Lipinski definition) is 2. The summed E-state index contributed by atoms with van der Waals surface area (Å²) in [5, 5.41) is 15.3. The van der Waals surface area contributed by atoms with E-state index >= 15 is 0 Å². The van der Waals surface area contributed by atoms with Crippen LogP contribution in [0.3, 0.4) is 0 Å². The van der Waals surface area contributed by atoms with E-state index in [-0.39, 0.29) is 6.10 Å². The molecule has 3 nitrogen and oxygen atoms in total. The Hall–Kier alpha value is -2.10. The van der Waals surface area contributed by atoms with Crippen molar-refractivity contribution in [2.75, 3.05) is 6.54 Å². The minimum atomic E-state index is -0.362. The number of fused-ring (bicyclic) bond motifs is 3. The summed E-state index contributed by atoms with van der Waals surface area (Å²) in [5.74, 6) is 0. The lowest BCUT2D eigenvalue weighted by molar-refractivity contribution is 0.165. The standard InChI is InChI=1S/C22H26N2O/c1-15-10-11-20-19(12-15)18-8-5-9-21(22(18)24-20)23-14-17(25)13-16-6-3-2-4-7-16/h2-4,6-7,10-12,17,21,23-25H,5,8-9,13-14H2,1H3/t17-,21+/m0/s1. The van der Waals surface area contributed by atoms with E-state index in [1.54, 1.807) is 0 Å². The van der Waals surface area contributed by atoms with Crippen molar-refractivity contribution in [1.29, 1.82) is 0 Å². The van der Waals surface area contributed by atoms with Crippen molar-refractivity contribution >= 4 is 10.9 Å². The number of aliphatic hydroxyl groups is 1. The van der Waals surface area contributed by atoms with Gasteiger partial charge in [0.05, 0.1) is 6.10 Å². The van der Waals surface area contributed by atoms with Gasteiger partial charge in [0.1, 0.15) is 0 Å². The molecule has 1 aliphatic rings. The van der Waals surface area contributed by atoms with E-state index in [1.165, 1.54) is 39.7 Å². The Morgan fingerprint density at radius 1 is 1.20 bits per heavy atom. The molecular weight excluding hydrogens is 308 g/mol. The third-order valence-corrected chi connectivity index (χ3v) is 5.28. The van der Waals surface area contributed by atoms with Gasteiger partial charge in [-0.05, 0) is 55.9 Å². The molecule has 130 valence electrons. The zero-order chi connectivity index (χ0) is 17.2. The maximum absolute atomic E-state index is 10.4. The number of aromatic amines is 1. The highest BCUT2D eigenvalue weighted by Crippen LogP contribution is 2.35. The lowest BCUT2D eigenvalue weighted by Gasteiger charge is -2.25. The molecule has 2 aromatic carbocycles. The van der Waals surface area contributed by atoms with Crippen molar-refractivity contribution < 1.29 is 5.11 Å². The fourth-order valence-corrected chi connectivity index (χ4v) is 4.02. The fourth-order valence-electron chi connectivity index (χ4n) is 4.02. The first-order valence-corrected chi connectivity index (χ1v) is 9.27. The Morgan fingerprint density at radius 2 is 2.04 bits per heavy atom. The maximum atomic E-state index is 10.4. The van der Waals surface area contributed by atoms with E-state index in [0.717, 1.165) is 12.8 Å². The molecule has 0 spiro atoms. The summed E-state index contributed by atoms with van der Waals surface area (Å²) < 4.78 is 0. The molecule has 3 N–H and O–H groups in total. The lowest BCUT2D eigenvalue weighted by Crippen LogP contribution is -2.33. The number of aryl methyl sites for hydroxylation is 2. The van der Waals surface area contributed by atoms with Crippen molar-refractivity contribution in [3.63, 3.8) is 0 Å². The highest BCUT2D eigenvalue weighted by molar-refractivity contribution is 5.85. The molecule has 1 heterocycles. The van der Waals surface area contributed by atoms with Gasteiger partial charge in [0.25, 0.3) is 0 Å². The molecule has 3 aromatic rings. The SMILES string of the molecule is Cc1ccc2[nH]c3c(c2c1)CCC[C@H]3NC[C@@H](O)Cc1ccccc1. The number of H-pyrrole nitrogens is 1. The molecule has 3 heteroatoms. The number of nitrogens with one attached hydrogen (secondary N) is 2. The monoisotopic (exact) mass is 334 g/mol. The highest BCUT2D eigenvalue weighted by Gasteiger charge is 2.24. The molecule has 2 atom stereocenters. The molecule has 25 heavy (non-hydrogen) atoms. The topological polar surface area (TPSA) is 48.0 Å². The summed E-state index contributed by atoms with van der Waals surface area (Å²) in [7, 11) is 0. The first-order valence-electron chi connectivity index (χ1n) is 9.27. The van der Waals surface area contributed by atoms with Gasteiger partial charge in [0, 0.05) is 29.2 Å². The van der Waals surface area contributed by atoms with Crippen molar-refractivity contribution in [1.82, 2.24) is 10.3 Å². The van der Waals surface area contributed by atoms with Crippen LogP contribution in [0.4, 0.5) is 0 Å². The third-order valence-electron chi connectivity index (χ3n) is 5.28. The van der Waals surface area contributed by atoms with Crippen LogP contribution in [-0.2, 0) is 12.8 Å². The molecule has 0 unspecified atom stereocenters. The summed E-state index contributed by atoms with van der Waals surface area (Å²) in [5.41, 5.74) is 6.50. The van der Waals surface area contributed by atoms with Gasteiger partial charge in [0.2, 0.25) is 0 Å². The quantitative estimate of drug-likeness (QED) is 0.659. The number of hydrogen-bond donors (Lipinski definition) is 3. The summed E-state index contributed by atoms with van der Waals surface area (Å²) in [4.78, 5) is 3.62. The van der Waals surface area contributed by atoms with Crippen LogP contribution < -0.4 is 5.32 Å². The number of rotatable bonds is 5. The van der Waals surface area contributed by atoms with Crippen molar-refractivity contribution in [3.05, 3.63) is 70.9 Å². The average Bonchev–Trinajstić information content (AvgIpc) is 2.99. The molecule has 0 saturated carbocycles. The Morgan fingerprint density at radius 3 is 2.88 bits per heavy atom. The fraction of sp³-hybridized carbons (Fsp3) is 0.364. The van der Waals surface area contributed by atoms with Crippen molar-refractivity contribution in [2.24, 2.45) is 0 Å². The Balaban J connectivity index is 1.47. The van der Waals surface area contributed by atoms with Gasteiger partial charge < -0.3 is 15.4 Å². The Kier molecular flexibility index (Phi) is 4.60. The molecule has 1 aliphatic carbocycles. The van der Waals surface area contributed by atoms with E-state index < -0.39 is 0 Å². The Labute approximate surface area is 149 Å². The van der Waals surface area contributed by atoms with Gasteiger partial charge in [-0.3, -0.25) is 0 Å². The second-order valence-electron chi connectivity index (χ2n) is 7.26. The van der Waals surface area contributed by atoms with Gasteiger partial charge >= 0.3 is 0 Å². The van der Waals surface area contributed by atoms with Crippen LogP contribution in [0.15, 0.2) is 48.5 Å². The predicted molar refractivity (Wildman–Crippen MR) is 103 cm³/mol. The summed E-state index contributed by atoms with van der Waals surface area (Å²) in [6, 6.07) is 17.1. The average molecular weight is 334 g/mol. The van der Waals surface area contributed by atoms with E-state index in [2.05, 4.69) is 47.6 Å². The zero-order valence-electron chi connectivity index (χ0n) is 14.8. The maximum Gasteiger partial charge on any atom is 0.0705 e. The van der Waals surface area contributed by atoms with Gasteiger partial charge in [-0.15, -0.1) is 0 Å². The molecule has 1 aromatic heterocycles. The molecular formula is C22H26N2O. The van der Waals surface area contributed by atoms with Gasteiger partial charge in [0.15, 0.2) is 0 Å². The minimum absolute atomic E-state index is 0.307. The van der Waals surface area contributed by atoms with Crippen LogP contribution in [0.1, 0.15) is 41.3 Å². The molecule has 0 radical (unpaired) electrons. The normalized spacial score (nSPS) is 18.2. The van der Waals surface area contributed by atoms with E-state index in [9.17, 15) is 5.11 Å². The van der Waals surface area contributed by atoms with Crippen LogP contribution >= 0.6 is 0 Å². The van der Waals surface area contributed by atoms with Crippen molar-refractivity contribution in [3.8, 4) is 0 Å². The predicted octanol–water partition coefficient (Wildman–Crippen LogP) is 4.05. The van der Waals surface area contributed by atoms with Crippen LogP contribution in [0.2, 0.25) is 0 Å². The molecule has 0 saturated heterocycles. The summed E-state index contributed by atoms with van der Waals surface area (Å²) >= 11 is 0. The highest BCUT2D eigenvalue weighted by atomic mass is 16.3. The zero-order valence-corrected chi connectivity index (χ0v) is 14.8. The first kappa shape index (κ1) is 16.4. The van der Waals surface area contributed by atoms with Gasteiger partial charge in [-0.2, -0.15) is 0 Å². The van der Waals surface area contributed by atoms with E-state index in [0.29, 0.717) is 19.0 Å². The summed E-state index contributed by atoms with van der Waals surface area (Å²) in [6.45, 7) is 2.77. The third kappa shape index (κ3) is 3.48. The lowest BCUT2D eigenvalue weighted by atomic mass is 9.91. The molecule has 4 rings (SSSR count). The minimum Gasteiger partial charge on any atom is -0.391 e. The second-order valence-corrected chi connectivity index (χ2v) is 7.26. The number of benzene rings is 2. The van der Waals surface area contributed by atoms with Crippen LogP contribution in [0, 0.1) is 6.92 Å². The van der Waals surface area contributed by atoms with Crippen LogP contribution in [0.5, 0.6) is 0 Å². The number of aromatic nitrogens is 1. The smallest absolute Gasteiger partial charge is 0.0705 e. The molecule has 0 fully saturated rings. The molecule has 0 aliphatic heterocycles. The van der Waals surface area contributed by atoms with Gasteiger partial charge in [-0.1, -0.05) is 42.0 Å². The van der Waals surface area contributed by atoms with E-state index in [4.69, 9.17) is 0 Å². The molecule has 0 bridgehead atoms. The number of aliphatic hydroxyl groups excluding tert-OH is 1. The van der Waals surface area contributed by atoms with Crippen LogP contribution in [0.25, 0.3) is 10.9 Å². The first-order chi connectivity index (χ1) is 12.2. The van der Waals surface area contributed by atoms with E-state index in [1.807, 2.05) is 18.2 Å².